The van der Waals surface area contributed by atoms with Crippen LogP contribution in [0.2, 0.25) is 0 Å². The van der Waals surface area contributed by atoms with E-state index < -0.39 is 11.6 Å². The van der Waals surface area contributed by atoms with Crippen molar-refractivity contribution < 1.29 is 23.1 Å². The molecule has 0 unspecified atom stereocenters. The molecule has 0 aliphatic heterocycles. The van der Waals surface area contributed by atoms with Gasteiger partial charge in [-0.25, -0.2) is 14.3 Å². The molecule has 4 nitrogen and oxygen atoms in total. The fraction of sp³-hybridized carbons (Fsp3) is 0.364. The number of hydroxylamine groups is 1. The van der Waals surface area contributed by atoms with E-state index in [9.17, 15) is 13.6 Å². The number of ether oxygens (including phenoxy) is 1. The molecule has 0 fully saturated rings. The quantitative estimate of drug-likeness (QED) is 0.614. The lowest BCUT2D eigenvalue weighted by molar-refractivity contribution is -0.131. The molecule has 0 saturated heterocycles. The van der Waals surface area contributed by atoms with Gasteiger partial charge < -0.3 is 4.74 Å². The first kappa shape index (κ1) is 13.4. The Morgan fingerprint density at radius 2 is 2.06 bits per heavy atom. The largest absolute Gasteiger partial charge is 0.493 e. The number of carbonyl (C=O) groups excluding carboxylic acids is 1. The summed E-state index contributed by atoms with van der Waals surface area (Å²) in [5, 5.41) is 0. The molecule has 1 amide bonds. The summed E-state index contributed by atoms with van der Waals surface area (Å²) in [6.07, 6.45) is 0.513. The molecule has 0 bridgehead atoms. The number of hydrogen-bond acceptors (Lipinski definition) is 3. The lowest BCUT2D eigenvalue weighted by Gasteiger charge is -2.06. The van der Waals surface area contributed by atoms with Gasteiger partial charge in [-0.05, 0) is 12.1 Å². The van der Waals surface area contributed by atoms with E-state index in [2.05, 4.69) is 5.48 Å². The molecule has 0 radical (unpaired) electrons. The van der Waals surface area contributed by atoms with Crippen LogP contribution in [0.4, 0.5) is 8.78 Å². The predicted molar refractivity (Wildman–Crippen MR) is 56.2 cm³/mol. The van der Waals surface area contributed by atoms with Crippen molar-refractivity contribution in [1.29, 1.82) is 0 Å². The van der Waals surface area contributed by atoms with Gasteiger partial charge in [0.05, 0.1) is 13.2 Å². The van der Waals surface area contributed by atoms with Crippen molar-refractivity contribution in [2.45, 2.75) is 13.3 Å². The van der Waals surface area contributed by atoms with Gasteiger partial charge in [-0.2, -0.15) is 0 Å². The van der Waals surface area contributed by atoms with Gasteiger partial charge in [-0.1, -0.05) is 0 Å². The smallest absolute Gasteiger partial charge is 0.240 e. The Kier molecular flexibility index (Phi) is 5.35. The Labute approximate surface area is 97.5 Å². The molecule has 0 spiro atoms. The molecule has 0 aliphatic rings. The van der Waals surface area contributed by atoms with Crippen LogP contribution in [0.1, 0.15) is 13.3 Å². The molecule has 1 rings (SSSR count). The molecule has 94 valence electrons. The van der Waals surface area contributed by atoms with E-state index in [1.807, 2.05) is 0 Å². The Balaban J connectivity index is 2.18. The summed E-state index contributed by atoms with van der Waals surface area (Å²) in [5.41, 5.74) is 2.16. The number of nitrogens with one attached hydrogen (secondary N) is 1. The van der Waals surface area contributed by atoms with Crippen LogP contribution in [0.3, 0.4) is 0 Å². The third-order valence-electron chi connectivity index (χ3n) is 1.77. The van der Waals surface area contributed by atoms with Crippen LogP contribution >= 0.6 is 0 Å². The summed E-state index contributed by atoms with van der Waals surface area (Å²) in [6, 6.07) is 3.32. The Hall–Kier alpha value is -1.69. The van der Waals surface area contributed by atoms with Crippen LogP contribution in [0, 0.1) is 11.6 Å². The third kappa shape index (κ3) is 5.26. The van der Waals surface area contributed by atoms with Crippen LogP contribution in [-0.2, 0) is 9.63 Å². The van der Waals surface area contributed by atoms with Gasteiger partial charge in [0.15, 0.2) is 11.6 Å². The van der Waals surface area contributed by atoms with E-state index >= 15 is 0 Å². The molecule has 0 heterocycles. The Morgan fingerprint density at radius 3 is 2.71 bits per heavy atom. The number of benzene rings is 1. The van der Waals surface area contributed by atoms with Crippen molar-refractivity contribution in [1.82, 2.24) is 5.48 Å². The van der Waals surface area contributed by atoms with E-state index in [1.165, 1.54) is 13.0 Å². The average Bonchev–Trinajstić information content (AvgIpc) is 2.27. The van der Waals surface area contributed by atoms with Gasteiger partial charge in [0.2, 0.25) is 5.91 Å². The first-order valence-corrected chi connectivity index (χ1v) is 5.06. The van der Waals surface area contributed by atoms with Gasteiger partial charge in [-0.15, -0.1) is 0 Å². The van der Waals surface area contributed by atoms with Crippen molar-refractivity contribution in [3.8, 4) is 5.75 Å². The third-order valence-corrected chi connectivity index (χ3v) is 1.77. The second kappa shape index (κ2) is 6.80. The first-order chi connectivity index (χ1) is 8.09. The molecule has 17 heavy (non-hydrogen) atoms. The highest BCUT2D eigenvalue weighted by Gasteiger charge is 2.02. The van der Waals surface area contributed by atoms with Gasteiger partial charge >= 0.3 is 0 Å². The maximum atomic E-state index is 12.8. The van der Waals surface area contributed by atoms with Crippen LogP contribution in [0.5, 0.6) is 5.75 Å². The first-order valence-electron chi connectivity index (χ1n) is 5.06. The standard InChI is InChI=1S/C11H13F2NO3/c1-8(15)14-17-6-2-5-16-9-3-4-10(12)11(13)7-9/h3-4,7H,2,5-6H2,1H3,(H,14,15). The summed E-state index contributed by atoms with van der Waals surface area (Å²) >= 11 is 0. The number of amides is 1. The maximum absolute atomic E-state index is 12.8. The van der Waals surface area contributed by atoms with E-state index in [0.29, 0.717) is 6.42 Å². The normalized spacial score (nSPS) is 10.1. The predicted octanol–water partition coefficient (Wildman–Crippen LogP) is 1.80. The average molecular weight is 245 g/mol. The molecule has 6 heteroatoms. The minimum Gasteiger partial charge on any atom is -0.493 e. The topological polar surface area (TPSA) is 47.6 Å². The molecule has 1 N–H and O–H groups in total. The van der Waals surface area contributed by atoms with Crippen molar-refractivity contribution in [2.24, 2.45) is 0 Å². The van der Waals surface area contributed by atoms with Crippen LogP contribution < -0.4 is 10.2 Å². The monoisotopic (exact) mass is 245 g/mol. The lowest BCUT2D eigenvalue weighted by Crippen LogP contribution is -2.21. The van der Waals surface area contributed by atoms with Crippen LogP contribution in [0.15, 0.2) is 18.2 Å². The molecule has 1 aromatic rings. The lowest BCUT2D eigenvalue weighted by atomic mass is 10.3. The summed E-state index contributed by atoms with van der Waals surface area (Å²) in [4.78, 5) is 15.2. The second-order valence-corrected chi connectivity index (χ2v) is 3.28. The summed E-state index contributed by atoms with van der Waals surface area (Å²) < 4.78 is 30.5. The molecule has 1 aromatic carbocycles. The zero-order valence-corrected chi connectivity index (χ0v) is 9.33. The summed E-state index contributed by atoms with van der Waals surface area (Å²) in [5.74, 6) is -1.89. The van der Waals surface area contributed by atoms with Crippen molar-refractivity contribution in [3.63, 3.8) is 0 Å². The highest BCUT2D eigenvalue weighted by atomic mass is 19.2. The minimum absolute atomic E-state index is 0.253. The van der Waals surface area contributed by atoms with Gasteiger partial charge in [0.25, 0.3) is 0 Å². The fourth-order valence-electron chi connectivity index (χ4n) is 1.04. The summed E-state index contributed by atoms with van der Waals surface area (Å²) in [7, 11) is 0. The van der Waals surface area contributed by atoms with Gasteiger partial charge in [0.1, 0.15) is 5.75 Å². The fourth-order valence-corrected chi connectivity index (χ4v) is 1.04. The van der Waals surface area contributed by atoms with E-state index in [0.717, 1.165) is 12.1 Å². The van der Waals surface area contributed by atoms with E-state index in [1.54, 1.807) is 0 Å². The minimum atomic E-state index is -0.947. The second-order valence-electron chi connectivity index (χ2n) is 3.28. The van der Waals surface area contributed by atoms with Crippen molar-refractivity contribution >= 4 is 5.91 Å². The molecule has 0 aliphatic carbocycles. The van der Waals surface area contributed by atoms with Crippen LogP contribution in [0.25, 0.3) is 0 Å². The zero-order chi connectivity index (χ0) is 12.7. The zero-order valence-electron chi connectivity index (χ0n) is 9.33. The highest BCUT2D eigenvalue weighted by Crippen LogP contribution is 2.15. The Morgan fingerprint density at radius 1 is 1.29 bits per heavy atom. The highest BCUT2D eigenvalue weighted by molar-refractivity contribution is 5.71. The van der Waals surface area contributed by atoms with Crippen molar-refractivity contribution in [2.75, 3.05) is 13.2 Å². The maximum Gasteiger partial charge on any atom is 0.240 e. The van der Waals surface area contributed by atoms with Gasteiger partial charge in [0, 0.05) is 19.4 Å². The molecular formula is C11H13F2NO3. The SMILES string of the molecule is CC(=O)NOCCCOc1ccc(F)c(F)c1. The van der Waals surface area contributed by atoms with Crippen LogP contribution in [-0.4, -0.2) is 19.1 Å². The molecule has 0 atom stereocenters. The van der Waals surface area contributed by atoms with E-state index in [-0.39, 0.29) is 24.9 Å². The van der Waals surface area contributed by atoms with Gasteiger partial charge in [-0.3, -0.25) is 9.63 Å². The Bertz CT molecular complexity index is 385. The number of hydrogen-bond donors (Lipinski definition) is 1. The van der Waals surface area contributed by atoms with E-state index in [4.69, 9.17) is 9.57 Å². The molecule has 0 aromatic heterocycles. The number of halogens is 2. The number of carbonyl (C=O) groups is 1. The number of rotatable bonds is 6. The van der Waals surface area contributed by atoms with Crippen molar-refractivity contribution in [3.05, 3.63) is 29.8 Å². The molecule has 0 saturated carbocycles. The summed E-state index contributed by atoms with van der Waals surface area (Å²) in [6.45, 7) is 1.89. The molecular weight excluding hydrogens is 232 g/mol.